The summed E-state index contributed by atoms with van der Waals surface area (Å²) in [7, 11) is 3.94. The van der Waals surface area contributed by atoms with Crippen LogP contribution in [0.25, 0.3) is 0 Å². The van der Waals surface area contributed by atoms with E-state index in [4.69, 9.17) is 0 Å². The third-order valence-electron chi connectivity index (χ3n) is 8.74. The molecule has 25 heavy (non-hydrogen) atoms. The summed E-state index contributed by atoms with van der Waals surface area (Å²) in [6, 6.07) is 0.748. The fourth-order valence-electron chi connectivity index (χ4n) is 7.45. The molecule has 3 fully saturated rings. The van der Waals surface area contributed by atoms with Crippen LogP contribution >= 0.6 is 0 Å². The number of carbonyl (C=O) groups excluding carboxylic acids is 2. The Morgan fingerprint density at radius 3 is 2.64 bits per heavy atom. The third kappa shape index (κ3) is 2.18. The Morgan fingerprint density at radius 2 is 1.92 bits per heavy atom. The second kappa shape index (κ2) is 5.59. The van der Waals surface area contributed by atoms with E-state index in [0.29, 0.717) is 23.9 Å². The molecular weight excluding hydrogens is 312 g/mol. The Balaban J connectivity index is 1.65. The number of amides is 2. The van der Waals surface area contributed by atoms with Gasteiger partial charge in [0.15, 0.2) is 0 Å². The van der Waals surface area contributed by atoms with Gasteiger partial charge in [0.1, 0.15) is 0 Å². The van der Waals surface area contributed by atoms with Gasteiger partial charge < -0.3 is 9.80 Å². The molecule has 0 N–H and O–H groups in total. The molecule has 0 aromatic heterocycles. The summed E-state index contributed by atoms with van der Waals surface area (Å²) in [5.74, 6) is 2.27. The van der Waals surface area contributed by atoms with Crippen molar-refractivity contribution in [3.63, 3.8) is 0 Å². The molecule has 4 heteroatoms. The maximum Gasteiger partial charge on any atom is 0.246 e. The molecule has 3 aliphatic carbocycles. The van der Waals surface area contributed by atoms with Gasteiger partial charge in [-0.2, -0.15) is 0 Å². The van der Waals surface area contributed by atoms with Crippen molar-refractivity contribution in [3.8, 4) is 0 Å². The summed E-state index contributed by atoms with van der Waals surface area (Å²) in [6.45, 7) is 4.83. The van der Waals surface area contributed by atoms with Gasteiger partial charge in [-0.25, -0.2) is 0 Å². The molecule has 4 nitrogen and oxygen atoms in total. The van der Waals surface area contributed by atoms with Crippen LogP contribution < -0.4 is 0 Å². The Bertz CT molecular complexity index is 617. The maximum absolute atomic E-state index is 12.1. The molecule has 7 atom stereocenters. The number of hydrogen-bond acceptors (Lipinski definition) is 2. The zero-order valence-electron chi connectivity index (χ0n) is 16.1. The standard InChI is InChI=1S/C21H32N2O2/c1-20-11-9-16-14(15(20)6-8-17(20)22(3)13-24)5-7-18-21(16,2)12-10-19(25)23(18)4/h10,12-18H,5-9,11H2,1-4H3/t14-,15-,16+,17?,18?,20-,21+/m0/s1. The highest BCUT2D eigenvalue weighted by Crippen LogP contribution is 2.64. The van der Waals surface area contributed by atoms with Crippen LogP contribution in [0.1, 0.15) is 52.4 Å². The minimum absolute atomic E-state index is 0.113. The van der Waals surface area contributed by atoms with Gasteiger partial charge in [0, 0.05) is 31.6 Å². The van der Waals surface area contributed by atoms with E-state index in [1.807, 2.05) is 30.0 Å². The first kappa shape index (κ1) is 17.1. The summed E-state index contributed by atoms with van der Waals surface area (Å²) < 4.78 is 0. The number of rotatable bonds is 2. The van der Waals surface area contributed by atoms with Crippen molar-refractivity contribution in [2.75, 3.05) is 14.1 Å². The minimum atomic E-state index is 0.113. The van der Waals surface area contributed by atoms with Crippen LogP contribution in [-0.2, 0) is 9.59 Å². The molecule has 0 aromatic carbocycles. The average Bonchev–Trinajstić information content (AvgIpc) is 2.95. The molecule has 4 rings (SSSR count). The smallest absolute Gasteiger partial charge is 0.246 e. The Labute approximate surface area is 151 Å². The van der Waals surface area contributed by atoms with Gasteiger partial charge in [0.05, 0.1) is 0 Å². The van der Waals surface area contributed by atoms with Crippen molar-refractivity contribution in [3.05, 3.63) is 12.2 Å². The molecule has 4 aliphatic rings. The Hall–Kier alpha value is -1.32. The number of hydrogen-bond donors (Lipinski definition) is 0. The van der Waals surface area contributed by atoms with Gasteiger partial charge in [-0.15, -0.1) is 0 Å². The summed E-state index contributed by atoms with van der Waals surface area (Å²) in [6.07, 6.45) is 12.2. The first-order valence-electron chi connectivity index (χ1n) is 9.96. The summed E-state index contributed by atoms with van der Waals surface area (Å²) >= 11 is 0. The van der Waals surface area contributed by atoms with Gasteiger partial charge in [0.25, 0.3) is 0 Å². The van der Waals surface area contributed by atoms with Crippen LogP contribution in [0.15, 0.2) is 12.2 Å². The quantitative estimate of drug-likeness (QED) is 0.722. The van der Waals surface area contributed by atoms with Crippen molar-refractivity contribution in [2.24, 2.45) is 28.6 Å². The highest BCUT2D eigenvalue weighted by molar-refractivity contribution is 5.89. The highest BCUT2D eigenvalue weighted by atomic mass is 16.2. The van der Waals surface area contributed by atoms with E-state index in [1.54, 1.807) is 0 Å². The van der Waals surface area contributed by atoms with E-state index < -0.39 is 0 Å². The van der Waals surface area contributed by atoms with Crippen LogP contribution in [-0.4, -0.2) is 48.3 Å². The fraction of sp³-hybridized carbons (Fsp3) is 0.810. The fourth-order valence-corrected chi connectivity index (χ4v) is 7.45. The zero-order valence-corrected chi connectivity index (χ0v) is 16.1. The summed E-state index contributed by atoms with van der Waals surface area (Å²) in [4.78, 5) is 27.4. The van der Waals surface area contributed by atoms with Crippen LogP contribution in [0, 0.1) is 28.6 Å². The lowest BCUT2D eigenvalue weighted by molar-refractivity contribution is -0.139. The summed E-state index contributed by atoms with van der Waals surface area (Å²) in [5.41, 5.74) is 0.377. The van der Waals surface area contributed by atoms with Gasteiger partial charge in [-0.05, 0) is 67.8 Å². The lowest BCUT2D eigenvalue weighted by atomic mass is 9.48. The van der Waals surface area contributed by atoms with Crippen molar-refractivity contribution in [1.82, 2.24) is 9.80 Å². The molecule has 1 heterocycles. The molecular formula is C21H32N2O2. The van der Waals surface area contributed by atoms with Crippen LogP contribution in [0.3, 0.4) is 0 Å². The normalized spacial score (nSPS) is 48.6. The molecule has 3 saturated carbocycles. The van der Waals surface area contributed by atoms with E-state index in [9.17, 15) is 9.59 Å². The van der Waals surface area contributed by atoms with E-state index in [1.165, 1.54) is 25.7 Å². The second-order valence-electron chi connectivity index (χ2n) is 9.53. The molecule has 1 aliphatic heterocycles. The number of fused-ring (bicyclic) bond motifs is 5. The molecule has 0 spiro atoms. The molecule has 138 valence electrons. The number of carbonyl (C=O) groups is 2. The van der Waals surface area contributed by atoms with E-state index >= 15 is 0 Å². The van der Waals surface area contributed by atoms with Crippen LogP contribution in [0.5, 0.6) is 0 Å². The van der Waals surface area contributed by atoms with Crippen molar-refractivity contribution in [2.45, 2.75) is 64.5 Å². The topological polar surface area (TPSA) is 40.6 Å². The lowest BCUT2D eigenvalue weighted by Crippen LogP contribution is -2.60. The van der Waals surface area contributed by atoms with E-state index in [0.717, 1.165) is 25.2 Å². The van der Waals surface area contributed by atoms with Crippen molar-refractivity contribution >= 4 is 12.3 Å². The first-order chi connectivity index (χ1) is 11.8. The minimum Gasteiger partial charge on any atom is -0.345 e. The van der Waals surface area contributed by atoms with Gasteiger partial charge >= 0.3 is 0 Å². The monoisotopic (exact) mass is 344 g/mol. The lowest BCUT2D eigenvalue weighted by Gasteiger charge is -2.60. The Morgan fingerprint density at radius 1 is 1.16 bits per heavy atom. The molecule has 0 saturated heterocycles. The molecule has 2 unspecified atom stereocenters. The number of likely N-dealkylation sites (N-methyl/N-ethyl adjacent to an activating group) is 1. The van der Waals surface area contributed by atoms with Crippen molar-refractivity contribution in [1.29, 1.82) is 0 Å². The van der Waals surface area contributed by atoms with Crippen LogP contribution in [0.2, 0.25) is 0 Å². The van der Waals surface area contributed by atoms with Crippen LogP contribution in [0.4, 0.5) is 0 Å². The SMILES string of the molecule is CN(C=O)C1CC[C@H]2[C@@H]3CCC4N(C)C(=O)C=C[C@]4(C)[C@@H]3CC[C@]12C. The molecule has 0 radical (unpaired) electrons. The zero-order chi connectivity index (χ0) is 18.0. The molecule has 2 amide bonds. The number of nitrogens with zero attached hydrogens (tertiary/aromatic N) is 2. The third-order valence-corrected chi connectivity index (χ3v) is 8.74. The molecule has 0 bridgehead atoms. The van der Waals surface area contributed by atoms with E-state index in [2.05, 4.69) is 19.9 Å². The largest absolute Gasteiger partial charge is 0.345 e. The molecule has 0 aromatic rings. The van der Waals surface area contributed by atoms with E-state index in [-0.39, 0.29) is 16.7 Å². The van der Waals surface area contributed by atoms with Gasteiger partial charge in [-0.1, -0.05) is 19.9 Å². The van der Waals surface area contributed by atoms with Crippen molar-refractivity contribution < 1.29 is 9.59 Å². The summed E-state index contributed by atoms with van der Waals surface area (Å²) in [5, 5.41) is 0. The average molecular weight is 344 g/mol. The first-order valence-corrected chi connectivity index (χ1v) is 9.96. The maximum atomic E-state index is 12.1. The predicted octanol–water partition coefficient (Wildman–Crippen LogP) is 3.08. The predicted molar refractivity (Wildman–Crippen MR) is 97.7 cm³/mol. The highest BCUT2D eigenvalue weighted by Gasteiger charge is 2.60. The Kier molecular flexibility index (Phi) is 3.82. The van der Waals surface area contributed by atoms with Gasteiger partial charge in [0.2, 0.25) is 12.3 Å². The second-order valence-corrected chi connectivity index (χ2v) is 9.53. The van der Waals surface area contributed by atoms with Gasteiger partial charge in [-0.3, -0.25) is 9.59 Å².